The molecular formula is C30H27Cl2FN2O6. The molecule has 6 rings (SSSR count). The van der Waals surface area contributed by atoms with Crippen molar-refractivity contribution in [3.63, 3.8) is 0 Å². The highest BCUT2D eigenvalue weighted by molar-refractivity contribution is 6.58. The van der Waals surface area contributed by atoms with Crippen molar-refractivity contribution >= 4 is 52.5 Å². The Kier molecular flexibility index (Phi) is 6.46. The predicted molar refractivity (Wildman–Crippen MR) is 148 cm³/mol. The van der Waals surface area contributed by atoms with E-state index < -0.39 is 51.1 Å². The summed E-state index contributed by atoms with van der Waals surface area (Å²) in [7, 11) is 1.44. The molecule has 0 bridgehead atoms. The van der Waals surface area contributed by atoms with Crippen molar-refractivity contribution in [2.24, 2.45) is 17.8 Å². The van der Waals surface area contributed by atoms with Crippen LogP contribution in [0.15, 0.2) is 54.1 Å². The second-order valence-electron chi connectivity index (χ2n) is 11.0. The lowest BCUT2D eigenvalue weighted by Gasteiger charge is -2.50. The molecular weight excluding hydrogens is 574 g/mol. The van der Waals surface area contributed by atoms with E-state index in [4.69, 9.17) is 27.9 Å². The molecule has 2 aliphatic heterocycles. The van der Waals surface area contributed by atoms with E-state index in [0.717, 1.165) is 17.0 Å². The fourth-order valence-corrected chi connectivity index (χ4v) is 8.07. The summed E-state index contributed by atoms with van der Waals surface area (Å²) in [6, 6.07) is 9.31. The van der Waals surface area contributed by atoms with Crippen molar-refractivity contribution in [3.05, 3.63) is 65.5 Å². The van der Waals surface area contributed by atoms with Gasteiger partial charge in [-0.3, -0.25) is 24.1 Å². The average molecular weight is 601 g/mol. The fourth-order valence-electron chi connectivity index (χ4n) is 7.15. The van der Waals surface area contributed by atoms with Crippen molar-refractivity contribution in [1.82, 2.24) is 4.90 Å². The zero-order valence-corrected chi connectivity index (χ0v) is 23.8. The van der Waals surface area contributed by atoms with Crippen LogP contribution in [0.4, 0.5) is 10.1 Å². The Balaban J connectivity index is 1.56. The van der Waals surface area contributed by atoms with Crippen LogP contribution in [0.1, 0.15) is 37.7 Å². The molecule has 8 nitrogen and oxygen atoms in total. The van der Waals surface area contributed by atoms with Gasteiger partial charge in [0.25, 0.3) is 11.8 Å². The smallest absolute Gasteiger partial charge is 0.258 e. The number of allylic oxidation sites excluding steroid dienone is 2. The molecule has 0 unspecified atom stereocenters. The predicted octanol–water partition coefficient (Wildman–Crippen LogP) is 4.51. The van der Waals surface area contributed by atoms with Crippen molar-refractivity contribution in [3.8, 4) is 11.5 Å². The number of nitrogens with zero attached hydrogens (tertiary/aromatic N) is 2. The van der Waals surface area contributed by atoms with E-state index in [1.54, 1.807) is 18.2 Å². The van der Waals surface area contributed by atoms with Crippen LogP contribution < -0.4 is 9.64 Å². The average Bonchev–Trinajstić information content (AvgIpc) is 3.28. The molecule has 1 saturated carbocycles. The number of amides is 4. The van der Waals surface area contributed by atoms with Gasteiger partial charge in [0.05, 0.1) is 24.6 Å². The number of halogens is 3. The van der Waals surface area contributed by atoms with Gasteiger partial charge in [0.2, 0.25) is 11.8 Å². The van der Waals surface area contributed by atoms with Gasteiger partial charge in [0.15, 0.2) is 9.75 Å². The largest absolute Gasteiger partial charge is 0.508 e. The number of alkyl halides is 2. The number of aromatic hydroxyl groups is 1. The fraction of sp³-hybridized carbons (Fsp3) is 0.400. The van der Waals surface area contributed by atoms with E-state index in [1.807, 2.05) is 6.92 Å². The van der Waals surface area contributed by atoms with Crippen LogP contribution in [0.5, 0.6) is 11.5 Å². The summed E-state index contributed by atoms with van der Waals surface area (Å²) in [6.45, 7) is 2.15. The second-order valence-corrected chi connectivity index (χ2v) is 12.2. The summed E-state index contributed by atoms with van der Waals surface area (Å²) < 4.78 is 19.0. The van der Waals surface area contributed by atoms with Gasteiger partial charge in [-0.1, -0.05) is 24.6 Å². The molecule has 214 valence electrons. The number of benzene rings is 2. The number of methoxy groups -OCH3 is 1. The summed E-state index contributed by atoms with van der Waals surface area (Å²) in [5.41, 5.74) is 0.883. The summed E-state index contributed by atoms with van der Waals surface area (Å²) in [4.78, 5) is 53.3. The lowest BCUT2D eigenvalue weighted by molar-refractivity contribution is -0.140. The van der Waals surface area contributed by atoms with E-state index in [9.17, 15) is 28.7 Å². The normalized spacial score (nSPS) is 32.6. The van der Waals surface area contributed by atoms with Crippen LogP contribution in [0.3, 0.4) is 0 Å². The van der Waals surface area contributed by atoms with Crippen LogP contribution in [-0.4, -0.2) is 57.0 Å². The number of imide groups is 2. The van der Waals surface area contributed by atoms with Crippen molar-refractivity contribution < 1.29 is 33.4 Å². The van der Waals surface area contributed by atoms with Crippen molar-refractivity contribution in [2.75, 3.05) is 18.6 Å². The highest BCUT2D eigenvalue weighted by atomic mass is 35.5. The molecule has 0 radical (unpaired) electrons. The Labute approximate surface area is 245 Å². The third kappa shape index (κ3) is 3.64. The van der Waals surface area contributed by atoms with Gasteiger partial charge in [-0.25, -0.2) is 9.29 Å². The number of phenolic OH excluding ortho intramolecular Hbond substituents is 1. The Morgan fingerprint density at radius 2 is 1.73 bits per heavy atom. The standard InChI is InChI=1S/C30H27Cl2FN2O6/c1-3-12-34-25(37)20-11-10-18-21(23(20)26(34)38)14-29(31)27(39)35(16-6-4-15(33)5-7-16)28(40)30(29,32)24(18)19-9-8-17(41-2)13-22(19)36/h4-10,13,20-21,23-24,36H,3,11-12,14H2,1-2H3/t20-,21+,23-,24+,29+,30-/m0/s1. The number of carbonyl (C=O) groups is 4. The maximum absolute atomic E-state index is 14.3. The molecule has 0 aromatic heterocycles. The van der Waals surface area contributed by atoms with Gasteiger partial charge < -0.3 is 9.84 Å². The Hall–Kier alpha value is -3.43. The van der Waals surface area contributed by atoms with E-state index >= 15 is 0 Å². The van der Waals surface area contributed by atoms with Crippen LogP contribution in [0.2, 0.25) is 0 Å². The maximum Gasteiger partial charge on any atom is 0.258 e. The molecule has 6 atom stereocenters. The molecule has 0 spiro atoms. The monoisotopic (exact) mass is 600 g/mol. The van der Waals surface area contributed by atoms with Crippen LogP contribution in [-0.2, 0) is 19.2 Å². The van der Waals surface area contributed by atoms with Gasteiger partial charge in [-0.05, 0) is 55.5 Å². The van der Waals surface area contributed by atoms with Gasteiger partial charge in [-0.15, -0.1) is 23.2 Å². The number of likely N-dealkylation sites (tertiary alicyclic amines) is 1. The third-order valence-electron chi connectivity index (χ3n) is 8.98. The molecule has 1 N–H and O–H groups in total. The van der Waals surface area contributed by atoms with Crippen LogP contribution in [0, 0.1) is 23.6 Å². The molecule has 2 aromatic carbocycles. The van der Waals surface area contributed by atoms with E-state index in [-0.39, 0.29) is 48.2 Å². The SMILES string of the molecule is CCCN1C(=O)[C@H]2[C@H](CC=C3[C@H]2C[C@@]2(Cl)C(=O)N(c4ccc(F)cc4)C(=O)[C@@]2(Cl)[C@H]3c2ccc(OC)cc2O)C1=O. The molecule has 4 amide bonds. The highest BCUT2D eigenvalue weighted by Crippen LogP contribution is 2.66. The summed E-state index contributed by atoms with van der Waals surface area (Å²) in [5.74, 6) is -5.95. The summed E-state index contributed by atoms with van der Waals surface area (Å²) in [6.07, 6.45) is 2.45. The van der Waals surface area contributed by atoms with Crippen LogP contribution in [0.25, 0.3) is 0 Å². The lowest BCUT2D eigenvalue weighted by Crippen LogP contribution is -2.60. The Morgan fingerprint density at radius 3 is 2.37 bits per heavy atom. The van der Waals surface area contributed by atoms with Crippen molar-refractivity contribution in [2.45, 2.75) is 41.9 Å². The number of hydrogen-bond acceptors (Lipinski definition) is 6. The molecule has 4 aliphatic rings. The number of anilines is 1. The molecule has 2 aliphatic carbocycles. The number of fused-ring (bicyclic) bond motifs is 4. The Morgan fingerprint density at radius 1 is 1.02 bits per heavy atom. The van der Waals surface area contributed by atoms with Gasteiger partial charge in [0, 0.05) is 24.1 Å². The second kappa shape index (κ2) is 9.56. The number of carbonyl (C=O) groups excluding carboxylic acids is 4. The van der Waals surface area contributed by atoms with Gasteiger partial charge >= 0.3 is 0 Å². The van der Waals surface area contributed by atoms with E-state index in [2.05, 4.69) is 0 Å². The third-order valence-corrected chi connectivity index (χ3v) is 10.4. The first-order chi connectivity index (χ1) is 19.5. The maximum atomic E-state index is 14.3. The van der Waals surface area contributed by atoms with E-state index in [0.29, 0.717) is 17.7 Å². The number of rotatable bonds is 5. The minimum atomic E-state index is -2.12. The summed E-state index contributed by atoms with van der Waals surface area (Å²) in [5, 5.41) is 11.2. The minimum Gasteiger partial charge on any atom is -0.508 e. The highest BCUT2D eigenvalue weighted by Gasteiger charge is 2.76. The molecule has 3 fully saturated rings. The quantitative estimate of drug-likeness (QED) is 0.307. The number of phenols is 1. The first kappa shape index (κ1) is 27.7. The molecule has 2 aromatic rings. The van der Waals surface area contributed by atoms with Gasteiger partial charge in [0.1, 0.15) is 17.3 Å². The van der Waals surface area contributed by atoms with Gasteiger partial charge in [-0.2, -0.15) is 0 Å². The molecule has 41 heavy (non-hydrogen) atoms. The van der Waals surface area contributed by atoms with Crippen LogP contribution >= 0.6 is 23.2 Å². The topological polar surface area (TPSA) is 104 Å². The minimum absolute atomic E-state index is 0.0876. The molecule has 11 heteroatoms. The zero-order chi connectivity index (χ0) is 29.4. The summed E-state index contributed by atoms with van der Waals surface area (Å²) >= 11 is 14.5. The lowest BCUT2D eigenvalue weighted by atomic mass is 9.56. The first-order valence-electron chi connectivity index (χ1n) is 13.4. The number of ether oxygens (including phenoxy) is 1. The number of hydrogen-bond donors (Lipinski definition) is 1. The van der Waals surface area contributed by atoms with Crippen molar-refractivity contribution in [1.29, 1.82) is 0 Å². The molecule has 2 heterocycles. The van der Waals surface area contributed by atoms with E-state index in [1.165, 1.54) is 30.2 Å². The zero-order valence-electron chi connectivity index (χ0n) is 22.3. The molecule has 2 saturated heterocycles. The Bertz CT molecular complexity index is 1530. The first-order valence-corrected chi connectivity index (χ1v) is 14.2.